The molecule has 0 fully saturated rings. The molecule has 1 aliphatic heterocycles. The molecule has 44 heavy (non-hydrogen) atoms. The minimum Gasteiger partial charge on any atom is -0.361 e. The van der Waals surface area contributed by atoms with Gasteiger partial charge in [0.1, 0.15) is 0 Å². The van der Waals surface area contributed by atoms with Crippen molar-refractivity contribution in [2.45, 2.75) is 0 Å². The number of aromatic nitrogens is 2. The lowest BCUT2D eigenvalue weighted by molar-refractivity contribution is 0.0926. The van der Waals surface area contributed by atoms with Crippen LogP contribution in [-0.4, -0.2) is 21.4 Å². The number of hydrogen-bond donors (Lipinski definition) is 0. The Balaban J connectivity index is 1.35. The van der Waals surface area contributed by atoms with Gasteiger partial charge < -0.3 is 9.41 Å². The van der Waals surface area contributed by atoms with E-state index in [0.29, 0.717) is 34.0 Å². The van der Waals surface area contributed by atoms with Crippen LogP contribution in [0, 0.1) is 6.57 Å². The number of pyridine rings is 1. The summed E-state index contributed by atoms with van der Waals surface area (Å²) < 4.78 is 2.06. The van der Waals surface area contributed by atoms with Gasteiger partial charge in [0, 0.05) is 21.9 Å². The van der Waals surface area contributed by atoms with E-state index in [2.05, 4.69) is 20.5 Å². The maximum absolute atomic E-state index is 14.4. The third-order valence-electron chi connectivity index (χ3n) is 8.18. The predicted octanol–water partition coefficient (Wildman–Crippen LogP) is 8.86. The van der Waals surface area contributed by atoms with E-state index < -0.39 is 0 Å². The van der Waals surface area contributed by atoms with Gasteiger partial charge in [-0.3, -0.25) is 9.59 Å². The standard InChI is InChI=1S/C38H22N4O2/c1-39-35-20-10-16-30(40-35)25-21-22-28-27-14-6-8-18-32(27)41(34(28)23-25)33-19-9-15-29-36(33)38(44)42(37(29)43)31-17-7-5-13-26(31)24-11-3-2-4-12-24/h2-23H. The Morgan fingerprint density at radius 3 is 2.14 bits per heavy atom. The summed E-state index contributed by atoms with van der Waals surface area (Å²) in [6, 6.07) is 42.3. The molecule has 2 amide bonds. The molecule has 0 saturated heterocycles. The van der Waals surface area contributed by atoms with E-state index in [4.69, 9.17) is 6.57 Å². The normalized spacial score (nSPS) is 12.6. The van der Waals surface area contributed by atoms with E-state index in [1.807, 2.05) is 115 Å². The predicted molar refractivity (Wildman–Crippen MR) is 173 cm³/mol. The summed E-state index contributed by atoms with van der Waals surface area (Å²) in [6.45, 7) is 7.40. The zero-order chi connectivity index (χ0) is 29.8. The van der Waals surface area contributed by atoms with Crippen molar-refractivity contribution in [2.24, 2.45) is 0 Å². The smallest absolute Gasteiger partial charge is 0.270 e. The summed E-state index contributed by atoms with van der Waals surface area (Å²) >= 11 is 0. The Labute approximate surface area is 252 Å². The minimum absolute atomic E-state index is 0.323. The van der Waals surface area contributed by atoms with E-state index in [1.54, 1.807) is 12.1 Å². The Morgan fingerprint density at radius 2 is 1.27 bits per heavy atom. The van der Waals surface area contributed by atoms with Gasteiger partial charge in [-0.15, -0.1) is 4.98 Å². The Morgan fingerprint density at radius 1 is 0.568 bits per heavy atom. The van der Waals surface area contributed by atoms with Crippen molar-refractivity contribution in [1.29, 1.82) is 0 Å². The molecule has 8 rings (SSSR count). The molecule has 0 aliphatic carbocycles. The maximum atomic E-state index is 14.4. The van der Waals surface area contributed by atoms with Crippen molar-refractivity contribution in [3.63, 3.8) is 0 Å². The molecule has 0 bridgehead atoms. The zero-order valence-electron chi connectivity index (χ0n) is 23.3. The van der Waals surface area contributed by atoms with E-state index in [9.17, 15) is 9.59 Å². The number of carbonyl (C=O) groups is 2. The maximum Gasteiger partial charge on any atom is 0.270 e. The lowest BCUT2D eigenvalue weighted by Crippen LogP contribution is -2.30. The molecular formula is C38H22N4O2. The highest BCUT2D eigenvalue weighted by Gasteiger charge is 2.40. The van der Waals surface area contributed by atoms with Gasteiger partial charge in [-0.1, -0.05) is 91.5 Å². The van der Waals surface area contributed by atoms with Crippen molar-refractivity contribution in [2.75, 3.05) is 4.90 Å². The van der Waals surface area contributed by atoms with E-state index in [-0.39, 0.29) is 11.8 Å². The highest BCUT2D eigenvalue weighted by atomic mass is 16.2. The summed E-state index contributed by atoms with van der Waals surface area (Å²) in [5.74, 6) is -0.390. The Bertz CT molecular complexity index is 2350. The van der Waals surface area contributed by atoms with E-state index in [1.165, 1.54) is 4.90 Å². The van der Waals surface area contributed by atoms with Crippen molar-refractivity contribution >= 4 is 45.1 Å². The molecular weight excluding hydrogens is 544 g/mol. The molecule has 1 aliphatic rings. The summed E-state index contributed by atoms with van der Waals surface area (Å²) in [4.78, 5) is 37.7. The molecule has 0 N–H and O–H groups in total. The summed E-state index contributed by atoms with van der Waals surface area (Å²) in [5, 5.41) is 2.03. The largest absolute Gasteiger partial charge is 0.361 e. The van der Waals surface area contributed by atoms with Crippen molar-refractivity contribution < 1.29 is 9.59 Å². The third-order valence-corrected chi connectivity index (χ3v) is 8.18. The third kappa shape index (κ3) is 3.77. The van der Waals surface area contributed by atoms with Gasteiger partial charge in [0.05, 0.1) is 33.5 Å². The van der Waals surface area contributed by atoms with Crippen molar-refractivity contribution in [3.05, 3.63) is 156 Å². The molecule has 0 atom stereocenters. The molecule has 2 aromatic heterocycles. The quantitative estimate of drug-likeness (QED) is 0.158. The first kappa shape index (κ1) is 25.4. The Hall–Kier alpha value is -6.32. The average Bonchev–Trinajstić information content (AvgIpc) is 3.55. The molecule has 6 heteroatoms. The van der Waals surface area contributed by atoms with Crippen LogP contribution in [-0.2, 0) is 0 Å². The molecule has 0 radical (unpaired) electrons. The number of anilines is 1. The monoisotopic (exact) mass is 566 g/mol. The highest BCUT2D eigenvalue weighted by Crippen LogP contribution is 2.41. The fraction of sp³-hybridized carbons (Fsp3) is 0. The van der Waals surface area contributed by atoms with E-state index >= 15 is 0 Å². The van der Waals surface area contributed by atoms with Crippen LogP contribution >= 0.6 is 0 Å². The highest BCUT2D eigenvalue weighted by molar-refractivity contribution is 6.36. The van der Waals surface area contributed by atoms with Crippen LogP contribution in [0.4, 0.5) is 11.5 Å². The summed E-state index contributed by atoms with van der Waals surface area (Å²) in [7, 11) is 0. The number of fused-ring (bicyclic) bond motifs is 4. The second kappa shape index (κ2) is 9.90. The summed E-state index contributed by atoms with van der Waals surface area (Å²) in [6.07, 6.45) is 0. The second-order valence-corrected chi connectivity index (χ2v) is 10.6. The number of hydrogen-bond acceptors (Lipinski definition) is 3. The number of benzene rings is 5. The molecule has 206 valence electrons. The first-order valence-corrected chi connectivity index (χ1v) is 14.2. The molecule has 0 saturated carbocycles. The number of imide groups is 1. The minimum atomic E-state index is -0.363. The SMILES string of the molecule is [C-]#[N+]c1cccc(-c2ccc3c4ccccc4n(-c4cccc5c4C(=O)N(c4ccccc4-c4ccccc4)C5=O)c3c2)n1. The number of amides is 2. The van der Waals surface area contributed by atoms with Crippen LogP contribution in [0.5, 0.6) is 0 Å². The lowest BCUT2D eigenvalue weighted by Gasteiger charge is -2.18. The fourth-order valence-corrected chi connectivity index (χ4v) is 6.24. The zero-order valence-corrected chi connectivity index (χ0v) is 23.3. The van der Waals surface area contributed by atoms with Crippen LogP contribution in [0.3, 0.4) is 0 Å². The van der Waals surface area contributed by atoms with Gasteiger partial charge in [-0.25, -0.2) is 4.90 Å². The molecule has 0 spiro atoms. The number of carbonyl (C=O) groups excluding carboxylic acids is 2. The van der Waals surface area contributed by atoms with Gasteiger partial charge in [0.25, 0.3) is 17.6 Å². The van der Waals surface area contributed by atoms with Crippen LogP contribution in [0.25, 0.3) is 54.7 Å². The van der Waals surface area contributed by atoms with Crippen molar-refractivity contribution in [3.8, 4) is 28.1 Å². The second-order valence-electron chi connectivity index (χ2n) is 10.6. The molecule has 7 aromatic rings. The first-order chi connectivity index (χ1) is 21.6. The first-order valence-electron chi connectivity index (χ1n) is 14.2. The van der Waals surface area contributed by atoms with Crippen LogP contribution in [0.1, 0.15) is 20.7 Å². The van der Waals surface area contributed by atoms with Gasteiger partial charge in [0.15, 0.2) is 5.69 Å². The molecule has 6 nitrogen and oxygen atoms in total. The number of para-hydroxylation sites is 2. The van der Waals surface area contributed by atoms with Gasteiger partial charge in [-0.05, 0) is 54.1 Å². The van der Waals surface area contributed by atoms with Gasteiger partial charge >= 0.3 is 0 Å². The molecule has 5 aromatic carbocycles. The van der Waals surface area contributed by atoms with Gasteiger partial charge in [0.2, 0.25) is 0 Å². The topological polar surface area (TPSA) is 59.6 Å². The fourth-order valence-electron chi connectivity index (χ4n) is 6.24. The number of nitrogens with zero attached hydrogens (tertiary/aromatic N) is 4. The summed E-state index contributed by atoms with van der Waals surface area (Å²) in [5.41, 5.74) is 6.95. The molecule has 3 heterocycles. The van der Waals surface area contributed by atoms with Crippen molar-refractivity contribution in [1.82, 2.24) is 9.55 Å². The van der Waals surface area contributed by atoms with Crippen LogP contribution in [0.15, 0.2) is 133 Å². The van der Waals surface area contributed by atoms with Gasteiger partial charge in [-0.2, -0.15) is 0 Å². The lowest BCUT2D eigenvalue weighted by atomic mass is 10.0. The average molecular weight is 567 g/mol. The van der Waals surface area contributed by atoms with E-state index in [0.717, 1.165) is 38.5 Å². The number of rotatable bonds is 4. The van der Waals surface area contributed by atoms with Crippen LogP contribution in [0.2, 0.25) is 0 Å². The Kier molecular flexibility index (Phi) is 5.71. The molecule has 0 unspecified atom stereocenters. The van der Waals surface area contributed by atoms with Crippen LogP contribution < -0.4 is 4.90 Å².